The van der Waals surface area contributed by atoms with Gasteiger partial charge in [0.05, 0.1) is 6.42 Å². The van der Waals surface area contributed by atoms with Crippen LogP contribution in [-0.4, -0.2) is 11.8 Å². The van der Waals surface area contributed by atoms with Gasteiger partial charge in [-0.2, -0.15) is 0 Å². The summed E-state index contributed by atoms with van der Waals surface area (Å²) >= 11 is 0. The molecule has 1 aliphatic rings. The molecule has 0 aliphatic carbocycles. The molecule has 2 N–H and O–H groups in total. The van der Waals surface area contributed by atoms with Gasteiger partial charge in [-0.25, -0.2) is 0 Å². The lowest BCUT2D eigenvalue weighted by atomic mass is 10.1. The van der Waals surface area contributed by atoms with E-state index in [0.717, 1.165) is 29.8 Å². The molecule has 1 heterocycles. The minimum atomic E-state index is 0.00876. The van der Waals surface area contributed by atoms with Crippen molar-refractivity contribution in [3.63, 3.8) is 0 Å². The third-order valence-corrected chi connectivity index (χ3v) is 2.77. The molecular weight excluding hydrogens is 216 g/mol. The molecule has 0 fully saturated rings. The second-order valence-corrected chi connectivity index (χ2v) is 4.25. The quantitative estimate of drug-likeness (QED) is 0.836. The Balaban J connectivity index is 2.01. The van der Waals surface area contributed by atoms with E-state index >= 15 is 0 Å². The molecule has 0 unspecified atom stereocenters. The number of amides is 2. The molecule has 2 rings (SSSR count). The Morgan fingerprint density at radius 1 is 1.47 bits per heavy atom. The lowest BCUT2D eigenvalue weighted by Crippen LogP contribution is -2.10. The third kappa shape index (κ3) is 2.84. The highest BCUT2D eigenvalue weighted by Gasteiger charge is 2.17. The van der Waals surface area contributed by atoms with Crippen LogP contribution in [0, 0.1) is 0 Å². The van der Waals surface area contributed by atoms with Crippen LogP contribution in [0.2, 0.25) is 0 Å². The van der Waals surface area contributed by atoms with Crippen molar-refractivity contribution in [3.8, 4) is 0 Å². The van der Waals surface area contributed by atoms with Gasteiger partial charge in [0, 0.05) is 17.8 Å². The standard InChI is InChI=1S/C13H16N2O2/c1-2-3-4-12(16)14-10-5-6-11-9(7-10)8-13(17)15-11/h5-7H,2-4,8H2,1H3,(H,14,16)(H,15,17). The largest absolute Gasteiger partial charge is 0.326 e. The van der Waals surface area contributed by atoms with E-state index in [0.29, 0.717) is 12.8 Å². The lowest BCUT2D eigenvalue weighted by Gasteiger charge is -2.06. The van der Waals surface area contributed by atoms with Gasteiger partial charge in [0.15, 0.2) is 0 Å². The van der Waals surface area contributed by atoms with Crippen molar-refractivity contribution < 1.29 is 9.59 Å². The van der Waals surface area contributed by atoms with Crippen LogP contribution in [0.1, 0.15) is 31.7 Å². The molecule has 1 aliphatic heterocycles. The Labute approximate surface area is 100 Å². The predicted molar refractivity (Wildman–Crippen MR) is 66.9 cm³/mol. The summed E-state index contributed by atoms with van der Waals surface area (Å²) in [5, 5.41) is 5.60. The van der Waals surface area contributed by atoms with Gasteiger partial charge >= 0.3 is 0 Å². The SMILES string of the molecule is CCCCC(=O)Nc1ccc2c(c1)CC(=O)N2. The fourth-order valence-electron chi connectivity index (χ4n) is 1.87. The summed E-state index contributed by atoms with van der Waals surface area (Å²) in [6, 6.07) is 5.50. The van der Waals surface area contributed by atoms with Gasteiger partial charge in [-0.05, 0) is 30.2 Å². The molecule has 4 nitrogen and oxygen atoms in total. The molecule has 0 saturated heterocycles. The number of carbonyl (C=O) groups is 2. The Morgan fingerprint density at radius 2 is 2.29 bits per heavy atom. The molecule has 1 aromatic carbocycles. The van der Waals surface area contributed by atoms with Crippen LogP contribution in [0.3, 0.4) is 0 Å². The van der Waals surface area contributed by atoms with Crippen LogP contribution in [0.4, 0.5) is 11.4 Å². The maximum Gasteiger partial charge on any atom is 0.228 e. The number of carbonyl (C=O) groups excluding carboxylic acids is 2. The zero-order chi connectivity index (χ0) is 12.3. The van der Waals surface area contributed by atoms with Crippen molar-refractivity contribution in [2.75, 3.05) is 10.6 Å². The van der Waals surface area contributed by atoms with Gasteiger partial charge in [0.1, 0.15) is 0 Å². The van der Waals surface area contributed by atoms with E-state index in [1.165, 1.54) is 0 Å². The summed E-state index contributed by atoms with van der Waals surface area (Å²) in [7, 11) is 0. The fraction of sp³-hybridized carbons (Fsp3) is 0.385. The highest BCUT2D eigenvalue weighted by atomic mass is 16.2. The molecule has 0 atom stereocenters. The van der Waals surface area contributed by atoms with Crippen molar-refractivity contribution >= 4 is 23.2 Å². The molecule has 0 saturated carbocycles. The molecule has 4 heteroatoms. The first-order valence-corrected chi connectivity index (χ1v) is 5.91. The van der Waals surface area contributed by atoms with E-state index in [4.69, 9.17) is 0 Å². The van der Waals surface area contributed by atoms with Crippen LogP contribution in [0.15, 0.2) is 18.2 Å². The summed E-state index contributed by atoms with van der Waals surface area (Å²) in [6.07, 6.45) is 2.85. The zero-order valence-corrected chi connectivity index (χ0v) is 9.88. The highest BCUT2D eigenvalue weighted by Crippen LogP contribution is 2.26. The number of rotatable bonds is 4. The third-order valence-electron chi connectivity index (χ3n) is 2.77. The number of anilines is 2. The molecular formula is C13H16N2O2. The number of benzene rings is 1. The van der Waals surface area contributed by atoms with Gasteiger partial charge in [0.25, 0.3) is 0 Å². The molecule has 0 bridgehead atoms. The van der Waals surface area contributed by atoms with Gasteiger partial charge in [-0.3, -0.25) is 9.59 Å². The zero-order valence-electron chi connectivity index (χ0n) is 9.88. The van der Waals surface area contributed by atoms with E-state index in [-0.39, 0.29) is 11.8 Å². The number of fused-ring (bicyclic) bond motifs is 1. The summed E-state index contributed by atoms with van der Waals surface area (Å²) in [4.78, 5) is 22.7. The summed E-state index contributed by atoms with van der Waals surface area (Å²) in [5.41, 5.74) is 2.56. The van der Waals surface area contributed by atoms with E-state index in [2.05, 4.69) is 17.6 Å². The Hall–Kier alpha value is -1.84. The summed E-state index contributed by atoms with van der Waals surface area (Å²) < 4.78 is 0. The second kappa shape index (κ2) is 4.99. The smallest absolute Gasteiger partial charge is 0.228 e. The first kappa shape index (κ1) is 11.6. The maximum absolute atomic E-state index is 11.5. The van der Waals surface area contributed by atoms with Crippen molar-refractivity contribution in [2.24, 2.45) is 0 Å². The highest BCUT2D eigenvalue weighted by molar-refractivity contribution is 6.00. The van der Waals surface area contributed by atoms with E-state index < -0.39 is 0 Å². The first-order valence-electron chi connectivity index (χ1n) is 5.91. The average molecular weight is 232 g/mol. The van der Waals surface area contributed by atoms with Gasteiger partial charge in [-0.1, -0.05) is 13.3 Å². The molecule has 90 valence electrons. The molecule has 0 aromatic heterocycles. The van der Waals surface area contributed by atoms with Crippen LogP contribution in [0.5, 0.6) is 0 Å². The normalized spacial score (nSPS) is 13.1. The minimum Gasteiger partial charge on any atom is -0.326 e. The predicted octanol–water partition coefficient (Wildman–Crippen LogP) is 2.31. The van der Waals surface area contributed by atoms with Crippen molar-refractivity contribution in [1.29, 1.82) is 0 Å². The van der Waals surface area contributed by atoms with E-state index in [9.17, 15) is 9.59 Å². The molecule has 0 spiro atoms. The van der Waals surface area contributed by atoms with Crippen LogP contribution in [0.25, 0.3) is 0 Å². The maximum atomic E-state index is 11.5. The number of unbranched alkanes of at least 4 members (excludes halogenated alkanes) is 1. The van der Waals surface area contributed by atoms with Crippen LogP contribution in [-0.2, 0) is 16.0 Å². The van der Waals surface area contributed by atoms with Crippen molar-refractivity contribution in [3.05, 3.63) is 23.8 Å². The first-order chi connectivity index (χ1) is 8.19. The summed E-state index contributed by atoms with van der Waals surface area (Å²) in [6.45, 7) is 2.06. The molecule has 1 aromatic rings. The van der Waals surface area contributed by atoms with Gasteiger partial charge in [0.2, 0.25) is 11.8 Å². The van der Waals surface area contributed by atoms with Crippen molar-refractivity contribution in [2.45, 2.75) is 32.6 Å². The molecule has 0 radical (unpaired) electrons. The number of hydrogen-bond acceptors (Lipinski definition) is 2. The topological polar surface area (TPSA) is 58.2 Å². The summed E-state index contributed by atoms with van der Waals surface area (Å²) in [5.74, 6) is 0.0403. The number of hydrogen-bond donors (Lipinski definition) is 2. The Bertz CT molecular complexity index is 455. The lowest BCUT2D eigenvalue weighted by molar-refractivity contribution is -0.116. The molecule has 2 amide bonds. The van der Waals surface area contributed by atoms with Gasteiger partial charge < -0.3 is 10.6 Å². The van der Waals surface area contributed by atoms with Gasteiger partial charge in [-0.15, -0.1) is 0 Å². The fourth-order valence-corrected chi connectivity index (χ4v) is 1.87. The van der Waals surface area contributed by atoms with E-state index in [1.54, 1.807) is 0 Å². The van der Waals surface area contributed by atoms with Crippen molar-refractivity contribution in [1.82, 2.24) is 0 Å². The van der Waals surface area contributed by atoms with Crippen LogP contribution < -0.4 is 10.6 Å². The average Bonchev–Trinajstić information content (AvgIpc) is 2.65. The number of nitrogens with one attached hydrogen (secondary N) is 2. The Kier molecular flexibility index (Phi) is 3.42. The monoisotopic (exact) mass is 232 g/mol. The van der Waals surface area contributed by atoms with E-state index in [1.807, 2.05) is 18.2 Å². The van der Waals surface area contributed by atoms with Crippen LogP contribution >= 0.6 is 0 Å². The Morgan fingerprint density at radius 3 is 3.06 bits per heavy atom. The minimum absolute atomic E-state index is 0.00876. The second-order valence-electron chi connectivity index (χ2n) is 4.25. The molecule has 17 heavy (non-hydrogen) atoms.